The lowest BCUT2D eigenvalue weighted by molar-refractivity contribution is 0.600. The van der Waals surface area contributed by atoms with Crippen molar-refractivity contribution >= 4 is 9.84 Å². The molecule has 0 saturated heterocycles. The smallest absolute Gasteiger partial charge is 0.226 e. The molecule has 6 nitrogen and oxygen atoms in total. The van der Waals surface area contributed by atoms with Crippen LogP contribution >= 0.6 is 0 Å². The summed E-state index contributed by atoms with van der Waals surface area (Å²) in [4.78, 5) is 6.67. The van der Waals surface area contributed by atoms with E-state index in [2.05, 4.69) is 9.97 Å². The first-order chi connectivity index (χ1) is 6.49. The molecular weight excluding hydrogens is 204 g/mol. The molecule has 0 N–H and O–H groups in total. The highest BCUT2D eigenvalue weighted by Gasteiger charge is 2.15. The topological polar surface area (TPSA) is 108 Å². The molecule has 7 heteroatoms. The van der Waals surface area contributed by atoms with Crippen LogP contribution in [0.5, 0.6) is 0 Å². The van der Waals surface area contributed by atoms with Gasteiger partial charge in [0.15, 0.2) is 15.5 Å². The molecule has 0 atom stereocenters. The summed E-state index contributed by atoms with van der Waals surface area (Å²) in [7, 11) is -3.53. The van der Waals surface area contributed by atoms with Gasteiger partial charge in [-0.3, -0.25) is 0 Å². The van der Waals surface area contributed by atoms with Crippen molar-refractivity contribution in [1.29, 1.82) is 10.5 Å². The monoisotopic (exact) mass is 208 g/mol. The summed E-state index contributed by atoms with van der Waals surface area (Å²) in [6, 6.07) is 3.21. The van der Waals surface area contributed by atoms with Crippen molar-refractivity contribution in [3.63, 3.8) is 0 Å². The van der Waals surface area contributed by atoms with Crippen LogP contribution in [0.25, 0.3) is 0 Å². The fourth-order valence-corrected chi connectivity index (χ4v) is 1.46. The van der Waals surface area contributed by atoms with E-state index in [1.807, 2.05) is 0 Å². The molecule has 0 fully saturated rings. The van der Waals surface area contributed by atoms with Crippen molar-refractivity contribution in [2.24, 2.45) is 0 Å². The van der Waals surface area contributed by atoms with Gasteiger partial charge in [-0.1, -0.05) is 0 Å². The molecule has 0 aliphatic heterocycles. The predicted molar refractivity (Wildman–Crippen MR) is 44.6 cm³/mol. The van der Waals surface area contributed by atoms with Crippen molar-refractivity contribution < 1.29 is 8.42 Å². The van der Waals surface area contributed by atoms with Crippen LogP contribution in [0.1, 0.15) is 11.5 Å². The van der Waals surface area contributed by atoms with Gasteiger partial charge in [0.25, 0.3) is 0 Å². The van der Waals surface area contributed by atoms with Crippen molar-refractivity contribution in [3.8, 4) is 12.1 Å². The molecule has 0 saturated carbocycles. The fraction of sp³-hybridized carbons (Fsp3) is 0.143. The van der Waals surface area contributed by atoms with E-state index in [1.54, 1.807) is 12.1 Å². The molecule has 0 bridgehead atoms. The summed E-state index contributed by atoms with van der Waals surface area (Å²) in [5.41, 5.74) is -0.306. The zero-order valence-electron chi connectivity index (χ0n) is 7.09. The van der Waals surface area contributed by atoms with E-state index in [0.717, 1.165) is 12.5 Å². The number of rotatable bonds is 1. The second-order valence-electron chi connectivity index (χ2n) is 2.40. The standard InChI is InChI=1S/C7H4N4O2S/c1-14(12,13)6-4-10-7(3-9)11-5(6)2-8/h4H,1H3. The quantitative estimate of drug-likeness (QED) is 0.622. The van der Waals surface area contributed by atoms with Gasteiger partial charge in [0.2, 0.25) is 5.82 Å². The van der Waals surface area contributed by atoms with E-state index >= 15 is 0 Å². The molecular formula is C7H4N4O2S. The van der Waals surface area contributed by atoms with Gasteiger partial charge in [-0.2, -0.15) is 10.5 Å². The number of hydrogen-bond donors (Lipinski definition) is 0. The Kier molecular flexibility index (Phi) is 2.45. The van der Waals surface area contributed by atoms with E-state index in [1.165, 1.54) is 0 Å². The van der Waals surface area contributed by atoms with E-state index < -0.39 is 9.84 Å². The lowest BCUT2D eigenvalue weighted by atomic mass is 10.4. The van der Waals surface area contributed by atoms with Crippen LogP contribution in [0.15, 0.2) is 11.1 Å². The predicted octanol–water partition coefficient (Wildman–Crippen LogP) is -0.377. The number of nitrogens with zero attached hydrogens (tertiary/aromatic N) is 4. The van der Waals surface area contributed by atoms with Crippen LogP contribution in [0.2, 0.25) is 0 Å². The zero-order valence-corrected chi connectivity index (χ0v) is 7.91. The molecule has 0 aliphatic rings. The molecule has 0 unspecified atom stereocenters. The summed E-state index contributed by atoms with van der Waals surface area (Å²) >= 11 is 0. The minimum absolute atomic E-state index is 0.228. The van der Waals surface area contributed by atoms with Gasteiger partial charge < -0.3 is 0 Å². The first-order valence-corrected chi connectivity index (χ1v) is 5.25. The van der Waals surface area contributed by atoms with Gasteiger partial charge >= 0.3 is 0 Å². The highest BCUT2D eigenvalue weighted by atomic mass is 32.2. The maximum Gasteiger partial charge on any atom is 0.233 e. The van der Waals surface area contributed by atoms with Crippen molar-refractivity contribution in [2.75, 3.05) is 6.26 Å². The van der Waals surface area contributed by atoms with Crippen molar-refractivity contribution in [1.82, 2.24) is 9.97 Å². The summed E-state index contributed by atoms with van der Waals surface area (Å²) in [5.74, 6) is -0.228. The molecule has 0 amide bonds. The Labute approximate surface area is 80.4 Å². The number of sulfone groups is 1. The molecule has 1 rings (SSSR count). The first-order valence-electron chi connectivity index (χ1n) is 3.36. The third kappa shape index (κ3) is 1.84. The number of nitriles is 2. The minimum atomic E-state index is -3.53. The Morgan fingerprint density at radius 2 is 2.00 bits per heavy atom. The van der Waals surface area contributed by atoms with E-state index in [4.69, 9.17) is 10.5 Å². The Hall–Kier alpha value is -1.99. The lowest BCUT2D eigenvalue weighted by Gasteiger charge is -1.98. The maximum atomic E-state index is 11.1. The molecule has 0 aromatic carbocycles. The summed E-state index contributed by atoms with van der Waals surface area (Å²) in [6.07, 6.45) is 1.90. The number of aromatic nitrogens is 2. The minimum Gasteiger partial charge on any atom is -0.226 e. The van der Waals surface area contributed by atoms with Crippen LogP contribution in [0.4, 0.5) is 0 Å². The van der Waals surface area contributed by atoms with Gasteiger partial charge in [0.1, 0.15) is 17.0 Å². The Morgan fingerprint density at radius 1 is 1.36 bits per heavy atom. The van der Waals surface area contributed by atoms with Crippen molar-refractivity contribution in [3.05, 3.63) is 17.7 Å². The highest BCUT2D eigenvalue weighted by Crippen LogP contribution is 2.10. The first kappa shape index (κ1) is 10.1. The molecule has 0 spiro atoms. The van der Waals surface area contributed by atoms with E-state index in [-0.39, 0.29) is 16.4 Å². The second-order valence-corrected chi connectivity index (χ2v) is 4.39. The largest absolute Gasteiger partial charge is 0.233 e. The fourth-order valence-electron chi connectivity index (χ4n) is 0.776. The molecule has 1 heterocycles. The van der Waals surface area contributed by atoms with Crippen LogP contribution < -0.4 is 0 Å². The van der Waals surface area contributed by atoms with Gasteiger partial charge in [-0.05, 0) is 0 Å². The van der Waals surface area contributed by atoms with Gasteiger partial charge in [-0.25, -0.2) is 18.4 Å². The lowest BCUT2D eigenvalue weighted by Crippen LogP contribution is -2.05. The van der Waals surface area contributed by atoms with Crippen LogP contribution in [0, 0.1) is 22.7 Å². The Balaban J connectivity index is 3.53. The molecule has 0 aliphatic carbocycles. The third-order valence-electron chi connectivity index (χ3n) is 1.36. The SMILES string of the molecule is CS(=O)(=O)c1cnc(C#N)nc1C#N. The molecule has 0 radical (unpaired) electrons. The second kappa shape index (κ2) is 3.40. The van der Waals surface area contributed by atoms with Crippen LogP contribution in [-0.4, -0.2) is 24.6 Å². The average Bonchev–Trinajstić information content (AvgIpc) is 2.15. The van der Waals surface area contributed by atoms with Crippen LogP contribution in [0.3, 0.4) is 0 Å². The molecule has 1 aromatic heterocycles. The van der Waals surface area contributed by atoms with Gasteiger partial charge in [-0.15, -0.1) is 0 Å². The highest BCUT2D eigenvalue weighted by molar-refractivity contribution is 7.90. The molecule has 70 valence electrons. The van der Waals surface area contributed by atoms with E-state index in [0.29, 0.717) is 0 Å². The third-order valence-corrected chi connectivity index (χ3v) is 2.46. The van der Waals surface area contributed by atoms with Crippen molar-refractivity contribution in [2.45, 2.75) is 4.90 Å². The summed E-state index contributed by atoms with van der Waals surface area (Å²) in [6.45, 7) is 0. The zero-order chi connectivity index (χ0) is 10.8. The molecule has 14 heavy (non-hydrogen) atoms. The van der Waals surface area contributed by atoms with Gasteiger partial charge in [0.05, 0.1) is 6.20 Å². The van der Waals surface area contributed by atoms with Gasteiger partial charge in [0, 0.05) is 6.26 Å². The Morgan fingerprint density at radius 3 is 2.43 bits per heavy atom. The van der Waals surface area contributed by atoms with Crippen LogP contribution in [-0.2, 0) is 9.84 Å². The average molecular weight is 208 g/mol. The number of hydrogen-bond acceptors (Lipinski definition) is 6. The summed E-state index contributed by atoms with van der Waals surface area (Å²) in [5, 5.41) is 17.0. The molecule has 1 aromatic rings. The normalized spacial score (nSPS) is 10.2. The Bertz CT molecular complexity index is 550. The summed E-state index contributed by atoms with van der Waals surface area (Å²) < 4.78 is 22.2. The van der Waals surface area contributed by atoms with E-state index in [9.17, 15) is 8.42 Å². The maximum absolute atomic E-state index is 11.1.